The molecule has 0 saturated carbocycles. The normalized spacial score (nSPS) is 10.9. The minimum absolute atomic E-state index is 0.277. The smallest absolute Gasteiger partial charge is 0.339 e. The van der Waals surface area contributed by atoms with E-state index in [-0.39, 0.29) is 5.97 Å². The van der Waals surface area contributed by atoms with Crippen molar-refractivity contribution < 1.29 is 14.3 Å². The largest absolute Gasteiger partial charge is 0.465 e. The number of hydrogen-bond donors (Lipinski definition) is 0. The topological polar surface area (TPSA) is 40.5 Å². The van der Waals surface area contributed by atoms with Gasteiger partial charge in [-0.1, -0.05) is 13.8 Å². The first-order chi connectivity index (χ1) is 8.02. The van der Waals surface area contributed by atoms with E-state index in [4.69, 9.17) is 9.47 Å². The van der Waals surface area contributed by atoms with E-state index in [0.717, 1.165) is 17.9 Å². The van der Waals surface area contributed by atoms with Crippen molar-refractivity contribution in [2.24, 2.45) is 0 Å². The fraction of sp³-hybridized carbons (Fsp3) is 0.615. The van der Waals surface area contributed by atoms with E-state index in [1.807, 2.05) is 13.0 Å². The van der Waals surface area contributed by atoms with Crippen LogP contribution in [0.4, 0.5) is 0 Å². The third-order valence-electron chi connectivity index (χ3n) is 2.91. The van der Waals surface area contributed by atoms with E-state index in [9.17, 15) is 4.79 Å². The Morgan fingerprint density at radius 3 is 2.53 bits per heavy atom. The fourth-order valence-electron chi connectivity index (χ4n) is 1.94. The minimum atomic E-state index is -0.277. The highest BCUT2D eigenvalue weighted by Crippen LogP contribution is 2.23. The van der Waals surface area contributed by atoms with E-state index in [1.165, 1.54) is 7.11 Å². The van der Waals surface area contributed by atoms with Gasteiger partial charge in [0.25, 0.3) is 0 Å². The van der Waals surface area contributed by atoms with Gasteiger partial charge in [-0.15, -0.1) is 0 Å². The zero-order valence-electron chi connectivity index (χ0n) is 11.2. The van der Waals surface area contributed by atoms with Crippen molar-refractivity contribution in [3.05, 3.63) is 23.0 Å². The van der Waals surface area contributed by atoms with E-state index in [2.05, 4.69) is 18.4 Å². The van der Waals surface area contributed by atoms with Crippen molar-refractivity contribution in [2.45, 2.75) is 33.2 Å². The van der Waals surface area contributed by atoms with Crippen LogP contribution in [-0.2, 0) is 16.0 Å². The Bertz CT molecular complexity index is 394. The standard InChI is InChI=1S/C13H21NO3/c1-9(2)12-8-11(13(15)17-5)10(3)14(12)6-7-16-4/h8-9H,6-7H2,1-5H3. The summed E-state index contributed by atoms with van der Waals surface area (Å²) in [6.07, 6.45) is 0. The third kappa shape index (κ3) is 2.88. The van der Waals surface area contributed by atoms with Crippen LogP contribution in [0.25, 0.3) is 0 Å². The molecule has 1 aromatic heterocycles. The molecule has 1 rings (SSSR count). The Balaban J connectivity index is 3.15. The SMILES string of the molecule is COCCn1c(C(C)C)cc(C(=O)OC)c1C. The number of nitrogens with zero attached hydrogens (tertiary/aromatic N) is 1. The van der Waals surface area contributed by atoms with Gasteiger partial charge in [-0.3, -0.25) is 0 Å². The molecule has 4 heteroatoms. The zero-order chi connectivity index (χ0) is 13.0. The molecule has 0 aromatic carbocycles. The van der Waals surface area contributed by atoms with Crippen LogP contribution in [0.15, 0.2) is 6.07 Å². The Labute approximate surface area is 103 Å². The number of esters is 1. The number of hydrogen-bond acceptors (Lipinski definition) is 3. The number of carbonyl (C=O) groups is 1. The molecule has 0 aliphatic rings. The molecule has 0 amide bonds. The van der Waals surface area contributed by atoms with Crippen molar-refractivity contribution >= 4 is 5.97 Å². The molecule has 0 aliphatic carbocycles. The Morgan fingerprint density at radius 1 is 1.41 bits per heavy atom. The second-order valence-electron chi connectivity index (χ2n) is 4.36. The molecule has 0 atom stereocenters. The number of ether oxygens (including phenoxy) is 2. The lowest BCUT2D eigenvalue weighted by molar-refractivity contribution is 0.0599. The van der Waals surface area contributed by atoms with Crippen molar-refractivity contribution in [2.75, 3.05) is 20.8 Å². The highest BCUT2D eigenvalue weighted by atomic mass is 16.5. The predicted octanol–water partition coefficient (Wildman–Crippen LogP) is 2.35. The quantitative estimate of drug-likeness (QED) is 0.740. The second kappa shape index (κ2) is 5.87. The molecular formula is C13H21NO3. The van der Waals surface area contributed by atoms with Crippen LogP contribution in [0.3, 0.4) is 0 Å². The van der Waals surface area contributed by atoms with E-state index >= 15 is 0 Å². The van der Waals surface area contributed by atoms with Crippen LogP contribution in [0.5, 0.6) is 0 Å². The average molecular weight is 239 g/mol. The van der Waals surface area contributed by atoms with Gasteiger partial charge < -0.3 is 14.0 Å². The first-order valence-electron chi connectivity index (χ1n) is 5.80. The summed E-state index contributed by atoms with van der Waals surface area (Å²) in [5.41, 5.74) is 2.73. The minimum Gasteiger partial charge on any atom is -0.465 e. The van der Waals surface area contributed by atoms with Crippen molar-refractivity contribution in [1.82, 2.24) is 4.57 Å². The van der Waals surface area contributed by atoms with Gasteiger partial charge in [-0.25, -0.2) is 4.79 Å². The molecule has 0 aliphatic heterocycles. The Morgan fingerprint density at radius 2 is 2.06 bits per heavy atom. The van der Waals surface area contributed by atoms with Crippen LogP contribution >= 0.6 is 0 Å². The zero-order valence-corrected chi connectivity index (χ0v) is 11.2. The molecule has 1 heterocycles. The van der Waals surface area contributed by atoms with Crippen LogP contribution < -0.4 is 0 Å². The molecule has 4 nitrogen and oxygen atoms in total. The first kappa shape index (κ1) is 13.8. The van der Waals surface area contributed by atoms with Gasteiger partial charge in [-0.05, 0) is 18.9 Å². The summed E-state index contributed by atoms with van der Waals surface area (Å²) in [6, 6.07) is 1.92. The molecule has 0 bridgehead atoms. The molecular weight excluding hydrogens is 218 g/mol. The second-order valence-corrected chi connectivity index (χ2v) is 4.36. The van der Waals surface area contributed by atoms with E-state index in [0.29, 0.717) is 18.1 Å². The summed E-state index contributed by atoms with van der Waals surface area (Å²) < 4.78 is 12.0. The van der Waals surface area contributed by atoms with E-state index in [1.54, 1.807) is 7.11 Å². The molecule has 96 valence electrons. The monoisotopic (exact) mass is 239 g/mol. The molecule has 0 saturated heterocycles. The summed E-state index contributed by atoms with van der Waals surface area (Å²) in [5.74, 6) is 0.0875. The summed E-state index contributed by atoms with van der Waals surface area (Å²) in [7, 11) is 3.08. The number of aromatic nitrogens is 1. The van der Waals surface area contributed by atoms with Crippen LogP contribution in [-0.4, -0.2) is 31.4 Å². The van der Waals surface area contributed by atoms with Gasteiger partial charge in [0.15, 0.2) is 0 Å². The molecule has 0 fully saturated rings. The molecule has 17 heavy (non-hydrogen) atoms. The Kier molecular flexibility index (Phi) is 4.75. The number of rotatable bonds is 5. The van der Waals surface area contributed by atoms with Gasteiger partial charge >= 0.3 is 5.97 Å². The molecule has 0 N–H and O–H groups in total. The molecule has 0 spiro atoms. The maximum atomic E-state index is 11.6. The summed E-state index contributed by atoms with van der Waals surface area (Å²) in [5, 5.41) is 0. The Hall–Kier alpha value is -1.29. The van der Waals surface area contributed by atoms with Crippen molar-refractivity contribution in [1.29, 1.82) is 0 Å². The van der Waals surface area contributed by atoms with Gasteiger partial charge in [0.2, 0.25) is 0 Å². The fourth-order valence-corrected chi connectivity index (χ4v) is 1.94. The summed E-state index contributed by atoms with van der Waals surface area (Å²) in [6.45, 7) is 7.55. The van der Waals surface area contributed by atoms with Crippen LogP contribution in [0.2, 0.25) is 0 Å². The molecule has 0 unspecified atom stereocenters. The summed E-state index contributed by atoms with van der Waals surface area (Å²) >= 11 is 0. The van der Waals surface area contributed by atoms with Crippen LogP contribution in [0, 0.1) is 6.92 Å². The summed E-state index contributed by atoms with van der Waals surface area (Å²) in [4.78, 5) is 11.6. The number of methoxy groups -OCH3 is 2. The van der Waals surface area contributed by atoms with Gasteiger partial charge in [0, 0.05) is 25.0 Å². The first-order valence-corrected chi connectivity index (χ1v) is 5.80. The molecule has 0 radical (unpaired) electrons. The maximum absolute atomic E-state index is 11.6. The van der Waals surface area contributed by atoms with Crippen molar-refractivity contribution in [3.63, 3.8) is 0 Å². The lowest BCUT2D eigenvalue weighted by Crippen LogP contribution is -2.11. The third-order valence-corrected chi connectivity index (χ3v) is 2.91. The highest BCUT2D eigenvalue weighted by Gasteiger charge is 2.19. The molecule has 1 aromatic rings. The van der Waals surface area contributed by atoms with Crippen molar-refractivity contribution in [3.8, 4) is 0 Å². The number of carbonyl (C=O) groups excluding carboxylic acids is 1. The van der Waals surface area contributed by atoms with E-state index < -0.39 is 0 Å². The highest BCUT2D eigenvalue weighted by molar-refractivity contribution is 5.91. The maximum Gasteiger partial charge on any atom is 0.339 e. The van der Waals surface area contributed by atoms with Gasteiger partial charge in [0.05, 0.1) is 19.3 Å². The van der Waals surface area contributed by atoms with Crippen LogP contribution in [0.1, 0.15) is 41.5 Å². The lowest BCUT2D eigenvalue weighted by atomic mass is 10.1. The predicted molar refractivity (Wildman–Crippen MR) is 66.5 cm³/mol. The average Bonchev–Trinajstić information content (AvgIpc) is 2.63. The lowest BCUT2D eigenvalue weighted by Gasteiger charge is -2.13. The van der Waals surface area contributed by atoms with Gasteiger partial charge in [0.1, 0.15) is 0 Å². The van der Waals surface area contributed by atoms with Gasteiger partial charge in [-0.2, -0.15) is 0 Å².